The molecule has 1 amide bonds. The van der Waals surface area contributed by atoms with Crippen molar-refractivity contribution in [3.05, 3.63) is 76.2 Å². The van der Waals surface area contributed by atoms with Gasteiger partial charge in [-0.1, -0.05) is 30.3 Å². The molecular formula is C25H24N4O3S. The number of hydrogen-bond acceptors (Lipinski definition) is 6. The first-order valence-corrected chi connectivity index (χ1v) is 11.7. The first-order chi connectivity index (χ1) is 16.1. The number of carbonyl (C=O) groups excluding carboxylic acids is 1. The van der Waals surface area contributed by atoms with Crippen molar-refractivity contribution in [2.75, 3.05) is 36.5 Å². The molecule has 1 aliphatic rings. The van der Waals surface area contributed by atoms with Crippen LogP contribution in [0.2, 0.25) is 0 Å². The molecule has 8 heteroatoms. The summed E-state index contributed by atoms with van der Waals surface area (Å²) in [7, 11) is 0. The second kappa shape index (κ2) is 9.17. The molecule has 0 radical (unpaired) electrons. The van der Waals surface area contributed by atoms with Crippen molar-refractivity contribution in [3.63, 3.8) is 0 Å². The van der Waals surface area contributed by atoms with Gasteiger partial charge in [0, 0.05) is 34.9 Å². The lowest BCUT2D eigenvalue weighted by Gasteiger charge is -2.28. The predicted octanol–water partition coefficient (Wildman–Crippen LogP) is 3.91. The monoisotopic (exact) mass is 460 g/mol. The molecule has 1 fully saturated rings. The number of aromatic nitrogens is 2. The number of morpholine rings is 1. The number of amides is 1. The Hall–Kier alpha value is -3.49. The molecule has 1 N–H and O–H groups in total. The fourth-order valence-corrected chi connectivity index (χ4v) is 5.14. The summed E-state index contributed by atoms with van der Waals surface area (Å²) >= 11 is 1.49. The molecule has 1 saturated heterocycles. The Kier molecular flexibility index (Phi) is 5.93. The zero-order valence-corrected chi connectivity index (χ0v) is 19.1. The first-order valence-electron chi connectivity index (χ1n) is 10.9. The third-order valence-electron chi connectivity index (χ3n) is 5.76. The van der Waals surface area contributed by atoms with Gasteiger partial charge < -0.3 is 15.0 Å². The summed E-state index contributed by atoms with van der Waals surface area (Å²) in [6.07, 6.45) is 1.45. The molecule has 0 bridgehead atoms. The van der Waals surface area contributed by atoms with E-state index in [1.807, 2.05) is 61.5 Å². The molecule has 2 aromatic heterocycles. The number of rotatable bonds is 5. The lowest BCUT2D eigenvalue weighted by atomic mass is 10.0. The second-order valence-electron chi connectivity index (χ2n) is 7.95. The molecule has 2 aromatic carbocycles. The van der Waals surface area contributed by atoms with E-state index in [1.54, 1.807) is 0 Å². The molecule has 5 rings (SSSR count). The number of thiophene rings is 1. The molecule has 0 aliphatic carbocycles. The number of fused-ring (bicyclic) bond motifs is 1. The summed E-state index contributed by atoms with van der Waals surface area (Å²) in [5.74, 6) is -0.273. The van der Waals surface area contributed by atoms with Crippen LogP contribution in [0.3, 0.4) is 0 Å². The maximum absolute atomic E-state index is 13.3. The largest absolute Gasteiger partial charge is 0.378 e. The van der Waals surface area contributed by atoms with E-state index in [-0.39, 0.29) is 18.0 Å². The van der Waals surface area contributed by atoms with Gasteiger partial charge in [0.1, 0.15) is 11.4 Å². The van der Waals surface area contributed by atoms with E-state index in [4.69, 9.17) is 4.74 Å². The molecule has 0 saturated carbocycles. The van der Waals surface area contributed by atoms with Gasteiger partial charge >= 0.3 is 0 Å². The van der Waals surface area contributed by atoms with Gasteiger partial charge in [-0.2, -0.15) is 0 Å². The lowest BCUT2D eigenvalue weighted by molar-refractivity contribution is -0.116. The summed E-state index contributed by atoms with van der Waals surface area (Å²) in [6.45, 7) is 5.05. The van der Waals surface area contributed by atoms with Crippen molar-refractivity contribution < 1.29 is 9.53 Å². The first kappa shape index (κ1) is 21.4. The molecule has 4 aromatic rings. The highest BCUT2D eigenvalue weighted by Crippen LogP contribution is 2.35. The zero-order chi connectivity index (χ0) is 22.8. The van der Waals surface area contributed by atoms with E-state index in [9.17, 15) is 9.59 Å². The van der Waals surface area contributed by atoms with Crippen LogP contribution in [0.5, 0.6) is 0 Å². The van der Waals surface area contributed by atoms with Gasteiger partial charge in [-0.15, -0.1) is 11.3 Å². The van der Waals surface area contributed by atoms with Crippen LogP contribution in [0.1, 0.15) is 4.88 Å². The van der Waals surface area contributed by atoms with Gasteiger partial charge in [-0.25, -0.2) is 4.98 Å². The van der Waals surface area contributed by atoms with E-state index < -0.39 is 0 Å². The Labute approximate surface area is 195 Å². The smallest absolute Gasteiger partial charge is 0.263 e. The highest BCUT2D eigenvalue weighted by Gasteiger charge is 2.18. The van der Waals surface area contributed by atoms with Crippen LogP contribution >= 0.6 is 11.3 Å². The van der Waals surface area contributed by atoms with Crippen molar-refractivity contribution in [3.8, 4) is 11.1 Å². The van der Waals surface area contributed by atoms with E-state index in [0.29, 0.717) is 15.9 Å². The lowest BCUT2D eigenvalue weighted by Crippen LogP contribution is -2.36. The fourth-order valence-electron chi connectivity index (χ4n) is 4.13. The number of carbonyl (C=O) groups is 1. The maximum Gasteiger partial charge on any atom is 0.263 e. The van der Waals surface area contributed by atoms with Crippen LogP contribution in [0.15, 0.2) is 65.7 Å². The number of anilines is 2. The van der Waals surface area contributed by atoms with Crippen LogP contribution < -0.4 is 15.8 Å². The van der Waals surface area contributed by atoms with Crippen molar-refractivity contribution in [1.29, 1.82) is 0 Å². The number of nitrogens with zero attached hydrogens (tertiary/aromatic N) is 3. The Balaban J connectivity index is 1.35. The third-order valence-corrected chi connectivity index (χ3v) is 6.77. The Morgan fingerprint density at radius 3 is 2.55 bits per heavy atom. The summed E-state index contributed by atoms with van der Waals surface area (Å²) in [5.41, 5.74) is 3.45. The van der Waals surface area contributed by atoms with Crippen LogP contribution in [0, 0.1) is 6.92 Å². The summed E-state index contributed by atoms with van der Waals surface area (Å²) in [4.78, 5) is 34.4. The fraction of sp³-hybridized carbons (Fsp3) is 0.240. The maximum atomic E-state index is 13.3. The Morgan fingerprint density at radius 2 is 1.82 bits per heavy atom. The summed E-state index contributed by atoms with van der Waals surface area (Å²) in [5, 5.41) is 3.44. The van der Waals surface area contributed by atoms with Gasteiger partial charge in [0.15, 0.2) is 0 Å². The number of aryl methyl sites for hydroxylation is 1. The Bertz CT molecular complexity index is 1340. The molecule has 0 unspecified atom stereocenters. The SMILES string of the molecule is Cc1sc2ncn(CC(=O)Nc3ccc(N4CCOCC4)cc3)c(=O)c2c1-c1ccccc1. The van der Waals surface area contributed by atoms with Gasteiger partial charge in [0.05, 0.1) is 24.9 Å². The third kappa shape index (κ3) is 4.40. The molecule has 168 valence electrons. The molecule has 1 aliphatic heterocycles. The molecule has 0 atom stereocenters. The molecule has 3 heterocycles. The Morgan fingerprint density at radius 1 is 1.09 bits per heavy atom. The van der Waals surface area contributed by atoms with Crippen molar-refractivity contribution in [1.82, 2.24) is 9.55 Å². The van der Waals surface area contributed by atoms with Gasteiger partial charge in [-0.3, -0.25) is 14.2 Å². The van der Waals surface area contributed by atoms with Crippen LogP contribution in [-0.2, 0) is 16.1 Å². The van der Waals surface area contributed by atoms with Crippen molar-refractivity contribution in [2.45, 2.75) is 13.5 Å². The summed E-state index contributed by atoms with van der Waals surface area (Å²) < 4.78 is 6.77. The second-order valence-corrected chi connectivity index (χ2v) is 9.15. The molecule has 0 spiro atoms. The van der Waals surface area contributed by atoms with Crippen LogP contribution in [0.4, 0.5) is 11.4 Å². The average molecular weight is 461 g/mol. The minimum atomic E-state index is -0.273. The molecule has 33 heavy (non-hydrogen) atoms. The van der Waals surface area contributed by atoms with E-state index in [2.05, 4.69) is 15.2 Å². The molecule has 7 nitrogen and oxygen atoms in total. The van der Waals surface area contributed by atoms with Crippen molar-refractivity contribution >= 4 is 38.8 Å². The number of benzene rings is 2. The van der Waals surface area contributed by atoms with Crippen molar-refractivity contribution in [2.24, 2.45) is 0 Å². The minimum absolute atomic E-state index is 0.101. The van der Waals surface area contributed by atoms with E-state index in [1.165, 1.54) is 22.2 Å². The summed E-state index contributed by atoms with van der Waals surface area (Å²) in [6, 6.07) is 17.5. The average Bonchev–Trinajstić information content (AvgIpc) is 3.19. The number of nitrogens with one attached hydrogen (secondary N) is 1. The zero-order valence-electron chi connectivity index (χ0n) is 18.3. The standard InChI is InChI=1S/C25H24N4O3S/c1-17-22(18-5-3-2-4-6-18)23-24(33-17)26-16-29(25(23)31)15-21(30)27-19-7-9-20(10-8-19)28-11-13-32-14-12-28/h2-10,16H,11-15H2,1H3,(H,27,30). The van der Waals surface area contributed by atoms with Gasteiger partial charge in [-0.05, 0) is 36.8 Å². The molecular weight excluding hydrogens is 436 g/mol. The predicted molar refractivity (Wildman–Crippen MR) is 132 cm³/mol. The number of ether oxygens (including phenoxy) is 1. The highest BCUT2D eigenvalue weighted by atomic mass is 32.1. The quantitative estimate of drug-likeness (QED) is 0.489. The van der Waals surface area contributed by atoms with Gasteiger partial charge in [0.25, 0.3) is 5.56 Å². The van der Waals surface area contributed by atoms with Crippen LogP contribution in [0.25, 0.3) is 21.3 Å². The van der Waals surface area contributed by atoms with Crippen LogP contribution in [-0.4, -0.2) is 41.8 Å². The normalized spacial score (nSPS) is 13.9. The van der Waals surface area contributed by atoms with E-state index >= 15 is 0 Å². The minimum Gasteiger partial charge on any atom is -0.378 e. The topological polar surface area (TPSA) is 76.5 Å². The highest BCUT2D eigenvalue weighted by molar-refractivity contribution is 7.19. The van der Waals surface area contributed by atoms with Gasteiger partial charge in [0.2, 0.25) is 5.91 Å². The number of hydrogen-bond donors (Lipinski definition) is 1. The van der Waals surface area contributed by atoms with E-state index in [0.717, 1.165) is 48.0 Å².